The molecular weight excluding hydrogens is 464 g/mol. The highest BCUT2D eigenvalue weighted by Gasteiger charge is 2.33. The van der Waals surface area contributed by atoms with Crippen LogP contribution in [0.1, 0.15) is 61.1 Å². The van der Waals surface area contributed by atoms with Crippen molar-refractivity contribution in [2.75, 3.05) is 18.6 Å². The van der Waals surface area contributed by atoms with Crippen molar-refractivity contribution in [3.63, 3.8) is 0 Å². The van der Waals surface area contributed by atoms with Crippen molar-refractivity contribution >= 4 is 26.8 Å². The summed E-state index contributed by atoms with van der Waals surface area (Å²) >= 11 is 0. The van der Waals surface area contributed by atoms with E-state index in [4.69, 9.17) is 14.8 Å². The van der Waals surface area contributed by atoms with Gasteiger partial charge < -0.3 is 10.1 Å². The van der Waals surface area contributed by atoms with Crippen molar-refractivity contribution < 1.29 is 17.9 Å². The molecular formula is C26H32N4O4S. The second-order valence-corrected chi connectivity index (χ2v) is 12.1. The van der Waals surface area contributed by atoms with Crippen LogP contribution >= 0.6 is 0 Å². The fourth-order valence-corrected chi connectivity index (χ4v) is 7.09. The van der Waals surface area contributed by atoms with Gasteiger partial charge in [0.2, 0.25) is 0 Å². The molecule has 3 heterocycles. The minimum Gasteiger partial charge on any atom is -0.497 e. The standard InChI is InChI=1S/C26H32N4O4S/c1-16-6-4-5-7-22(16)28-26(31)21-14-23(18-8-10-20(34-3)11-9-18)27-25-24(21)17(2)29-30(25)19-12-13-35(32,33)15-19/h8-11,14,16,19,22H,4-7,12-13,15H2,1-3H3,(H,28,31)/t16-,19+,22+/m0/s1. The van der Waals surface area contributed by atoms with Crippen LogP contribution in [0, 0.1) is 12.8 Å². The Morgan fingerprint density at radius 2 is 1.89 bits per heavy atom. The Balaban J connectivity index is 1.63. The number of amides is 1. The van der Waals surface area contributed by atoms with Gasteiger partial charge >= 0.3 is 0 Å². The number of rotatable bonds is 5. The molecule has 3 aromatic rings. The fourth-order valence-electron chi connectivity index (χ4n) is 5.40. The number of benzene rings is 1. The summed E-state index contributed by atoms with van der Waals surface area (Å²) in [5.41, 5.74) is 3.25. The van der Waals surface area contributed by atoms with Crippen LogP contribution in [-0.2, 0) is 9.84 Å². The molecule has 186 valence electrons. The molecule has 1 amide bonds. The summed E-state index contributed by atoms with van der Waals surface area (Å²) in [6.45, 7) is 4.05. The first-order valence-corrected chi connectivity index (χ1v) is 14.1. The van der Waals surface area contributed by atoms with Crippen LogP contribution in [0.3, 0.4) is 0 Å². The first-order valence-electron chi connectivity index (χ1n) is 12.3. The molecule has 35 heavy (non-hydrogen) atoms. The SMILES string of the molecule is COc1ccc(-c2cc(C(=O)N[C@@H]3CCCC[C@@H]3C)c3c(C)nn([C@@H]4CCS(=O)(=O)C4)c3n2)cc1. The maximum absolute atomic E-state index is 13.7. The molecule has 0 bridgehead atoms. The average molecular weight is 497 g/mol. The minimum absolute atomic E-state index is 0.0405. The van der Waals surface area contributed by atoms with Crippen LogP contribution in [0.2, 0.25) is 0 Å². The molecule has 0 unspecified atom stereocenters. The Morgan fingerprint density at radius 3 is 2.54 bits per heavy atom. The lowest BCUT2D eigenvalue weighted by molar-refractivity contribution is 0.0912. The molecule has 2 fully saturated rings. The van der Waals surface area contributed by atoms with E-state index in [0.717, 1.165) is 30.6 Å². The molecule has 1 saturated carbocycles. The zero-order chi connectivity index (χ0) is 24.7. The van der Waals surface area contributed by atoms with Crippen LogP contribution in [0.25, 0.3) is 22.3 Å². The molecule has 1 aliphatic carbocycles. The van der Waals surface area contributed by atoms with E-state index in [1.54, 1.807) is 11.8 Å². The zero-order valence-corrected chi connectivity index (χ0v) is 21.3. The van der Waals surface area contributed by atoms with Gasteiger partial charge in [-0.2, -0.15) is 5.10 Å². The van der Waals surface area contributed by atoms with E-state index >= 15 is 0 Å². The number of ether oxygens (including phenoxy) is 1. The summed E-state index contributed by atoms with van der Waals surface area (Å²) in [5.74, 6) is 1.21. The summed E-state index contributed by atoms with van der Waals surface area (Å²) in [5, 5.41) is 8.66. The van der Waals surface area contributed by atoms with E-state index in [1.807, 2.05) is 37.3 Å². The van der Waals surface area contributed by atoms with Crippen molar-refractivity contribution in [3.8, 4) is 17.0 Å². The average Bonchev–Trinajstić information content (AvgIpc) is 3.38. The van der Waals surface area contributed by atoms with Gasteiger partial charge in [0.15, 0.2) is 15.5 Å². The number of fused-ring (bicyclic) bond motifs is 1. The molecule has 2 aromatic heterocycles. The summed E-state index contributed by atoms with van der Waals surface area (Å²) in [4.78, 5) is 18.6. The molecule has 1 aliphatic heterocycles. The lowest BCUT2D eigenvalue weighted by Gasteiger charge is -2.29. The second-order valence-electron chi connectivity index (χ2n) is 9.91. The maximum Gasteiger partial charge on any atom is 0.252 e. The molecule has 1 aromatic carbocycles. The largest absolute Gasteiger partial charge is 0.497 e. The van der Waals surface area contributed by atoms with E-state index in [2.05, 4.69) is 12.2 Å². The minimum atomic E-state index is -3.11. The Hall–Kier alpha value is -2.94. The maximum atomic E-state index is 13.7. The van der Waals surface area contributed by atoms with Crippen molar-refractivity contribution in [1.29, 1.82) is 0 Å². The van der Waals surface area contributed by atoms with Gasteiger partial charge in [-0.1, -0.05) is 19.8 Å². The molecule has 1 N–H and O–H groups in total. The Bertz CT molecular complexity index is 1360. The lowest BCUT2D eigenvalue weighted by Crippen LogP contribution is -2.41. The van der Waals surface area contributed by atoms with E-state index in [9.17, 15) is 13.2 Å². The van der Waals surface area contributed by atoms with E-state index < -0.39 is 9.84 Å². The summed E-state index contributed by atoms with van der Waals surface area (Å²) < 4.78 is 31.4. The predicted molar refractivity (Wildman–Crippen MR) is 135 cm³/mol. The van der Waals surface area contributed by atoms with E-state index in [-0.39, 0.29) is 29.5 Å². The Labute approximate surface area is 206 Å². The quantitative estimate of drug-likeness (QED) is 0.571. The Morgan fingerprint density at radius 1 is 1.14 bits per heavy atom. The number of nitrogens with zero attached hydrogens (tertiary/aromatic N) is 3. The number of nitrogens with one attached hydrogen (secondary N) is 1. The van der Waals surface area contributed by atoms with Gasteiger partial charge in [0.1, 0.15) is 5.75 Å². The second kappa shape index (κ2) is 9.26. The highest BCUT2D eigenvalue weighted by atomic mass is 32.2. The summed E-state index contributed by atoms with van der Waals surface area (Å²) in [6.07, 6.45) is 4.90. The first kappa shape index (κ1) is 23.8. The van der Waals surface area contributed by atoms with Gasteiger partial charge in [-0.15, -0.1) is 0 Å². The Kier molecular flexibility index (Phi) is 6.29. The van der Waals surface area contributed by atoms with Gasteiger partial charge in [0.25, 0.3) is 5.91 Å². The number of hydrogen-bond donors (Lipinski definition) is 1. The fraction of sp³-hybridized carbons (Fsp3) is 0.500. The predicted octanol–water partition coefficient (Wildman–Crippen LogP) is 4.08. The van der Waals surface area contributed by atoms with E-state index in [0.29, 0.717) is 40.3 Å². The number of hydrogen-bond acceptors (Lipinski definition) is 6. The highest BCUT2D eigenvalue weighted by Crippen LogP contribution is 2.33. The van der Waals surface area contributed by atoms with Crippen LogP contribution in [0.5, 0.6) is 5.75 Å². The smallest absolute Gasteiger partial charge is 0.252 e. The van der Waals surface area contributed by atoms with Crippen LogP contribution < -0.4 is 10.1 Å². The molecule has 3 atom stereocenters. The topological polar surface area (TPSA) is 103 Å². The number of pyridine rings is 1. The number of carbonyl (C=O) groups excluding carboxylic acids is 1. The van der Waals surface area contributed by atoms with Crippen molar-refractivity contribution in [2.24, 2.45) is 5.92 Å². The van der Waals surface area contributed by atoms with Crippen LogP contribution in [0.4, 0.5) is 0 Å². The summed E-state index contributed by atoms with van der Waals surface area (Å²) in [7, 11) is -1.49. The van der Waals surface area contributed by atoms with Crippen molar-refractivity contribution in [3.05, 3.63) is 41.6 Å². The van der Waals surface area contributed by atoms with Gasteiger partial charge in [-0.25, -0.2) is 18.1 Å². The van der Waals surface area contributed by atoms with Crippen molar-refractivity contribution in [1.82, 2.24) is 20.1 Å². The monoisotopic (exact) mass is 496 g/mol. The lowest BCUT2D eigenvalue weighted by atomic mass is 9.86. The van der Waals surface area contributed by atoms with E-state index in [1.165, 1.54) is 6.42 Å². The van der Waals surface area contributed by atoms with Crippen LogP contribution in [0.15, 0.2) is 30.3 Å². The third kappa shape index (κ3) is 4.66. The third-order valence-electron chi connectivity index (χ3n) is 7.45. The molecule has 9 heteroatoms. The number of aryl methyl sites for hydroxylation is 1. The van der Waals surface area contributed by atoms with Crippen LogP contribution in [-0.4, -0.2) is 53.7 Å². The number of methoxy groups -OCH3 is 1. The molecule has 5 rings (SSSR count). The van der Waals surface area contributed by atoms with Gasteiger partial charge in [-0.05, 0) is 62.4 Å². The normalized spacial score (nSPS) is 23.9. The number of aromatic nitrogens is 3. The molecule has 0 radical (unpaired) electrons. The first-order chi connectivity index (χ1) is 16.8. The highest BCUT2D eigenvalue weighted by molar-refractivity contribution is 7.91. The molecule has 0 spiro atoms. The molecule has 1 saturated heterocycles. The van der Waals surface area contributed by atoms with Gasteiger partial charge in [0.05, 0.1) is 47.0 Å². The third-order valence-corrected chi connectivity index (χ3v) is 9.20. The molecule has 8 nitrogen and oxygen atoms in total. The number of sulfone groups is 1. The van der Waals surface area contributed by atoms with Gasteiger partial charge in [-0.3, -0.25) is 4.79 Å². The number of carbonyl (C=O) groups is 1. The molecule has 2 aliphatic rings. The summed E-state index contributed by atoms with van der Waals surface area (Å²) in [6, 6.07) is 9.21. The van der Waals surface area contributed by atoms with Crippen molar-refractivity contribution in [2.45, 2.75) is 58.0 Å². The zero-order valence-electron chi connectivity index (χ0n) is 20.5. The van der Waals surface area contributed by atoms with Gasteiger partial charge in [0, 0.05) is 11.6 Å².